The molecule has 1 fully saturated rings. The fourth-order valence-electron chi connectivity index (χ4n) is 3.83. The van der Waals surface area contributed by atoms with Gasteiger partial charge in [-0.2, -0.15) is 0 Å². The van der Waals surface area contributed by atoms with E-state index in [1.165, 1.54) is 48.0 Å². The third-order valence-corrected chi connectivity index (χ3v) is 5.47. The molecule has 0 spiro atoms. The SMILES string of the molecule is C1=CC(C2CC2)=CC(C2=CC(c3ccccc3)=CCC2)N1.CCCC(C)C. The van der Waals surface area contributed by atoms with E-state index in [-0.39, 0.29) is 0 Å². The van der Waals surface area contributed by atoms with Crippen LogP contribution in [0.5, 0.6) is 0 Å². The molecular formula is C26H35N. The lowest BCUT2D eigenvalue weighted by Crippen LogP contribution is -2.28. The summed E-state index contributed by atoms with van der Waals surface area (Å²) < 4.78 is 0. The van der Waals surface area contributed by atoms with Crippen LogP contribution >= 0.6 is 0 Å². The molecule has 1 aliphatic heterocycles. The van der Waals surface area contributed by atoms with Crippen molar-refractivity contribution in [3.8, 4) is 0 Å². The molecule has 3 aliphatic rings. The summed E-state index contributed by atoms with van der Waals surface area (Å²) in [6.07, 6.45) is 19.3. The average Bonchev–Trinajstić information content (AvgIpc) is 3.55. The summed E-state index contributed by atoms with van der Waals surface area (Å²) in [5.74, 6) is 1.73. The van der Waals surface area contributed by atoms with Gasteiger partial charge in [-0.3, -0.25) is 0 Å². The van der Waals surface area contributed by atoms with E-state index in [1.54, 1.807) is 0 Å². The van der Waals surface area contributed by atoms with Crippen LogP contribution in [-0.2, 0) is 0 Å². The molecule has 0 aromatic heterocycles. The van der Waals surface area contributed by atoms with E-state index in [0.29, 0.717) is 6.04 Å². The van der Waals surface area contributed by atoms with Crippen LogP contribution < -0.4 is 5.32 Å². The first-order valence-corrected chi connectivity index (χ1v) is 10.8. The Hall–Kier alpha value is -2.02. The van der Waals surface area contributed by atoms with Crippen LogP contribution in [0.15, 0.2) is 72.0 Å². The number of allylic oxidation sites excluding steroid dienone is 5. The minimum Gasteiger partial charge on any atom is -0.381 e. The summed E-state index contributed by atoms with van der Waals surface area (Å²) in [5, 5.41) is 3.52. The van der Waals surface area contributed by atoms with E-state index in [4.69, 9.17) is 0 Å². The monoisotopic (exact) mass is 361 g/mol. The summed E-state index contributed by atoms with van der Waals surface area (Å²) >= 11 is 0. The maximum atomic E-state index is 3.52. The van der Waals surface area contributed by atoms with Crippen LogP contribution in [-0.4, -0.2) is 6.04 Å². The van der Waals surface area contributed by atoms with E-state index in [9.17, 15) is 0 Å². The highest BCUT2D eigenvalue weighted by Gasteiger charge is 2.27. The standard InChI is InChI=1S/C20H21N.C6H14/c1-2-5-15(6-3-1)17-7-4-8-19(13-17)20-14-18(11-12-21-20)16-9-10-16;1-4-5-6(2)3/h1-3,5-7,11-14,16,20-21H,4,8-10H2;6H,4-5H2,1-3H3. The zero-order valence-corrected chi connectivity index (χ0v) is 17.2. The predicted molar refractivity (Wildman–Crippen MR) is 118 cm³/mol. The first-order chi connectivity index (χ1) is 13.2. The highest BCUT2D eigenvalue weighted by molar-refractivity contribution is 5.76. The van der Waals surface area contributed by atoms with Gasteiger partial charge in [0.1, 0.15) is 0 Å². The molecular weight excluding hydrogens is 326 g/mol. The second-order valence-corrected chi connectivity index (χ2v) is 8.38. The molecule has 2 aliphatic carbocycles. The van der Waals surface area contributed by atoms with Crippen molar-refractivity contribution in [3.63, 3.8) is 0 Å². The zero-order valence-electron chi connectivity index (χ0n) is 17.2. The number of benzene rings is 1. The van der Waals surface area contributed by atoms with E-state index in [2.05, 4.69) is 86.9 Å². The lowest BCUT2D eigenvalue weighted by atomic mass is 9.89. The largest absolute Gasteiger partial charge is 0.381 e. The lowest BCUT2D eigenvalue weighted by Gasteiger charge is -2.24. The molecule has 0 bridgehead atoms. The van der Waals surface area contributed by atoms with Gasteiger partial charge < -0.3 is 5.32 Å². The lowest BCUT2D eigenvalue weighted by molar-refractivity contribution is 0.576. The maximum Gasteiger partial charge on any atom is 0.0661 e. The molecule has 1 nitrogen and oxygen atoms in total. The Bertz CT molecular complexity index is 714. The minimum absolute atomic E-state index is 0.387. The first-order valence-electron chi connectivity index (χ1n) is 10.8. The molecule has 1 atom stereocenters. The van der Waals surface area contributed by atoms with Gasteiger partial charge in [0.2, 0.25) is 0 Å². The number of nitrogens with one attached hydrogen (secondary N) is 1. The van der Waals surface area contributed by atoms with Crippen molar-refractivity contribution in [1.82, 2.24) is 5.32 Å². The van der Waals surface area contributed by atoms with Gasteiger partial charge in [0.05, 0.1) is 6.04 Å². The molecule has 27 heavy (non-hydrogen) atoms. The van der Waals surface area contributed by atoms with E-state index in [1.807, 2.05) is 0 Å². The third-order valence-electron chi connectivity index (χ3n) is 5.47. The van der Waals surface area contributed by atoms with Crippen molar-refractivity contribution >= 4 is 5.57 Å². The first kappa shape index (κ1) is 19.7. The molecule has 1 N–H and O–H groups in total. The van der Waals surface area contributed by atoms with Gasteiger partial charge in [-0.15, -0.1) is 0 Å². The second kappa shape index (κ2) is 9.78. The van der Waals surface area contributed by atoms with Crippen molar-refractivity contribution in [3.05, 3.63) is 77.5 Å². The quantitative estimate of drug-likeness (QED) is 0.592. The summed E-state index contributed by atoms with van der Waals surface area (Å²) in [5.41, 5.74) is 5.75. The summed E-state index contributed by atoms with van der Waals surface area (Å²) in [6.45, 7) is 6.73. The molecule has 0 saturated heterocycles. The van der Waals surface area contributed by atoms with Gasteiger partial charge in [-0.05, 0) is 72.1 Å². The Morgan fingerprint density at radius 1 is 1.11 bits per heavy atom. The molecule has 1 aromatic carbocycles. The topological polar surface area (TPSA) is 12.0 Å². The summed E-state index contributed by atoms with van der Waals surface area (Å²) in [4.78, 5) is 0. The van der Waals surface area contributed by atoms with Crippen molar-refractivity contribution < 1.29 is 0 Å². The Morgan fingerprint density at radius 3 is 2.52 bits per heavy atom. The highest BCUT2D eigenvalue weighted by Crippen LogP contribution is 2.39. The Morgan fingerprint density at radius 2 is 1.89 bits per heavy atom. The normalized spacial score (nSPS) is 21.5. The number of rotatable bonds is 5. The van der Waals surface area contributed by atoms with Crippen molar-refractivity contribution in [2.24, 2.45) is 11.8 Å². The predicted octanol–water partition coefficient (Wildman–Crippen LogP) is 7.05. The van der Waals surface area contributed by atoms with Crippen LogP contribution in [0.25, 0.3) is 5.57 Å². The Balaban J connectivity index is 0.000000307. The number of hydrogen-bond acceptors (Lipinski definition) is 1. The van der Waals surface area contributed by atoms with Crippen LogP contribution in [0.4, 0.5) is 0 Å². The van der Waals surface area contributed by atoms with Crippen molar-refractivity contribution in [2.45, 2.75) is 65.3 Å². The van der Waals surface area contributed by atoms with Crippen LogP contribution in [0.2, 0.25) is 0 Å². The van der Waals surface area contributed by atoms with Crippen molar-refractivity contribution in [2.75, 3.05) is 0 Å². The minimum atomic E-state index is 0.387. The molecule has 1 heterocycles. The molecule has 144 valence electrons. The van der Waals surface area contributed by atoms with Crippen molar-refractivity contribution in [1.29, 1.82) is 0 Å². The van der Waals surface area contributed by atoms with Gasteiger partial charge in [0.25, 0.3) is 0 Å². The molecule has 0 radical (unpaired) electrons. The van der Waals surface area contributed by atoms with E-state index >= 15 is 0 Å². The van der Waals surface area contributed by atoms with E-state index in [0.717, 1.165) is 24.7 Å². The van der Waals surface area contributed by atoms with Gasteiger partial charge >= 0.3 is 0 Å². The third kappa shape index (κ3) is 5.99. The Labute approximate surface area is 166 Å². The van der Waals surface area contributed by atoms with E-state index < -0.39 is 0 Å². The number of dihydropyridines is 1. The number of hydrogen-bond donors (Lipinski definition) is 1. The van der Waals surface area contributed by atoms with Crippen LogP contribution in [0.3, 0.4) is 0 Å². The molecule has 1 unspecified atom stereocenters. The fourth-order valence-corrected chi connectivity index (χ4v) is 3.83. The molecule has 1 aromatic rings. The summed E-state index contributed by atoms with van der Waals surface area (Å²) in [6, 6.07) is 11.1. The van der Waals surface area contributed by atoms with Gasteiger partial charge in [0, 0.05) is 0 Å². The zero-order chi connectivity index (χ0) is 19.1. The smallest absolute Gasteiger partial charge is 0.0661 e. The van der Waals surface area contributed by atoms with Gasteiger partial charge in [0.15, 0.2) is 0 Å². The average molecular weight is 362 g/mol. The van der Waals surface area contributed by atoms with Gasteiger partial charge in [-0.1, -0.05) is 82.2 Å². The molecule has 0 amide bonds. The Kier molecular flexibility index (Phi) is 7.15. The maximum absolute atomic E-state index is 3.52. The second-order valence-electron chi connectivity index (χ2n) is 8.38. The fraction of sp³-hybridized carbons (Fsp3) is 0.462. The molecule has 1 heteroatoms. The molecule has 1 saturated carbocycles. The van der Waals surface area contributed by atoms with Gasteiger partial charge in [-0.25, -0.2) is 0 Å². The van der Waals surface area contributed by atoms with Crippen LogP contribution in [0.1, 0.15) is 64.9 Å². The van der Waals surface area contributed by atoms with Crippen LogP contribution in [0, 0.1) is 11.8 Å². The summed E-state index contributed by atoms with van der Waals surface area (Å²) in [7, 11) is 0. The molecule has 4 rings (SSSR count). The highest BCUT2D eigenvalue weighted by atomic mass is 14.9.